The lowest BCUT2D eigenvalue weighted by atomic mass is 10.1. The molecule has 0 saturated heterocycles. The largest absolute Gasteiger partial charge is 0.322 e. The summed E-state index contributed by atoms with van der Waals surface area (Å²) in [5, 5.41) is 2.75. The topological polar surface area (TPSA) is 66.5 Å². The summed E-state index contributed by atoms with van der Waals surface area (Å²) in [7, 11) is -2.24. The van der Waals surface area contributed by atoms with E-state index in [1.165, 1.54) is 23.5 Å². The van der Waals surface area contributed by atoms with Gasteiger partial charge >= 0.3 is 0 Å². The molecule has 0 atom stereocenters. The molecular weight excluding hydrogens is 360 g/mol. The first-order valence-corrected chi connectivity index (χ1v) is 9.84. The van der Waals surface area contributed by atoms with Crippen molar-refractivity contribution >= 4 is 27.3 Å². The predicted molar refractivity (Wildman–Crippen MR) is 108 cm³/mol. The molecule has 0 aromatic heterocycles. The van der Waals surface area contributed by atoms with Crippen molar-refractivity contribution in [3.05, 3.63) is 90.0 Å². The lowest BCUT2D eigenvalue weighted by Gasteiger charge is -2.20. The van der Waals surface area contributed by atoms with E-state index >= 15 is 0 Å². The first kappa shape index (κ1) is 18.7. The fraction of sp³-hybridized carbons (Fsp3) is 0.0952. The summed E-state index contributed by atoms with van der Waals surface area (Å²) < 4.78 is 27.0. The molecule has 27 heavy (non-hydrogen) atoms. The lowest BCUT2D eigenvalue weighted by molar-refractivity contribution is 0.102. The smallest absolute Gasteiger partial charge is 0.264 e. The van der Waals surface area contributed by atoms with Crippen molar-refractivity contribution in [1.29, 1.82) is 0 Å². The number of nitrogens with one attached hydrogen (secondary N) is 1. The van der Waals surface area contributed by atoms with E-state index in [-0.39, 0.29) is 10.8 Å². The Hall–Kier alpha value is -3.12. The number of hydrogen-bond acceptors (Lipinski definition) is 3. The molecule has 1 N–H and O–H groups in total. The number of carbonyl (C=O) groups excluding carboxylic acids is 1. The zero-order chi connectivity index (χ0) is 19.4. The van der Waals surface area contributed by atoms with Crippen LogP contribution >= 0.6 is 0 Å². The number of rotatable bonds is 5. The average molecular weight is 380 g/mol. The highest BCUT2D eigenvalue weighted by Crippen LogP contribution is 2.24. The third-order valence-electron chi connectivity index (χ3n) is 4.15. The summed E-state index contributed by atoms with van der Waals surface area (Å²) in [6, 6.07) is 22.3. The maximum atomic E-state index is 12.9. The van der Waals surface area contributed by atoms with Gasteiger partial charge in [0.05, 0.1) is 10.6 Å². The predicted octanol–water partition coefficient (Wildman–Crippen LogP) is 4.07. The monoisotopic (exact) mass is 380 g/mol. The van der Waals surface area contributed by atoms with E-state index in [9.17, 15) is 13.2 Å². The molecule has 3 aromatic carbocycles. The molecule has 0 aliphatic heterocycles. The van der Waals surface area contributed by atoms with Crippen LogP contribution in [-0.4, -0.2) is 21.4 Å². The van der Waals surface area contributed by atoms with Gasteiger partial charge in [0, 0.05) is 18.3 Å². The number of nitrogens with zero attached hydrogens (tertiary/aromatic N) is 1. The molecule has 0 bridgehead atoms. The summed E-state index contributed by atoms with van der Waals surface area (Å²) in [5.41, 5.74) is 2.48. The van der Waals surface area contributed by atoms with Crippen LogP contribution in [0.2, 0.25) is 0 Å². The molecule has 0 saturated carbocycles. The molecule has 0 fully saturated rings. The maximum absolute atomic E-state index is 12.9. The van der Waals surface area contributed by atoms with Gasteiger partial charge in [-0.05, 0) is 49.4 Å². The van der Waals surface area contributed by atoms with E-state index < -0.39 is 10.0 Å². The number of amides is 1. The van der Waals surface area contributed by atoms with E-state index in [2.05, 4.69) is 5.32 Å². The van der Waals surface area contributed by atoms with E-state index in [0.29, 0.717) is 16.9 Å². The second kappa shape index (κ2) is 7.63. The molecular formula is C21H20N2O3S. The first-order valence-electron chi connectivity index (χ1n) is 8.40. The van der Waals surface area contributed by atoms with E-state index in [4.69, 9.17) is 0 Å². The molecule has 0 unspecified atom stereocenters. The van der Waals surface area contributed by atoms with Gasteiger partial charge < -0.3 is 5.32 Å². The van der Waals surface area contributed by atoms with Crippen molar-refractivity contribution in [3.63, 3.8) is 0 Å². The fourth-order valence-electron chi connectivity index (χ4n) is 2.66. The molecule has 3 rings (SSSR count). The van der Waals surface area contributed by atoms with Crippen molar-refractivity contribution in [2.24, 2.45) is 0 Å². The number of aryl methyl sites for hydroxylation is 1. The van der Waals surface area contributed by atoms with Crippen molar-refractivity contribution in [1.82, 2.24) is 0 Å². The average Bonchev–Trinajstić information content (AvgIpc) is 2.68. The molecule has 0 heterocycles. The van der Waals surface area contributed by atoms with Crippen LogP contribution in [0.3, 0.4) is 0 Å². The van der Waals surface area contributed by atoms with Crippen LogP contribution < -0.4 is 9.62 Å². The Balaban J connectivity index is 1.86. The number of hydrogen-bond donors (Lipinski definition) is 1. The van der Waals surface area contributed by atoms with Crippen LogP contribution in [-0.2, 0) is 10.0 Å². The van der Waals surface area contributed by atoms with Gasteiger partial charge in [0.25, 0.3) is 15.9 Å². The quantitative estimate of drug-likeness (QED) is 0.725. The third kappa shape index (κ3) is 4.17. The molecule has 5 nitrogen and oxygen atoms in total. The zero-order valence-corrected chi connectivity index (χ0v) is 15.9. The Labute approximate surface area is 159 Å². The van der Waals surface area contributed by atoms with Crippen molar-refractivity contribution in [3.8, 4) is 0 Å². The Bertz CT molecular complexity index is 1060. The van der Waals surface area contributed by atoms with E-state index in [1.807, 2.05) is 19.1 Å². The summed E-state index contributed by atoms with van der Waals surface area (Å²) in [4.78, 5) is 12.5. The molecule has 6 heteroatoms. The van der Waals surface area contributed by atoms with Crippen LogP contribution in [0.25, 0.3) is 0 Å². The van der Waals surface area contributed by atoms with E-state index in [1.54, 1.807) is 54.6 Å². The van der Waals surface area contributed by atoms with Crippen LogP contribution in [0, 0.1) is 6.92 Å². The van der Waals surface area contributed by atoms with Crippen LogP contribution in [0.15, 0.2) is 83.8 Å². The number of carbonyl (C=O) groups is 1. The Morgan fingerprint density at radius 1 is 0.889 bits per heavy atom. The minimum Gasteiger partial charge on any atom is -0.322 e. The van der Waals surface area contributed by atoms with Crippen LogP contribution in [0.5, 0.6) is 0 Å². The van der Waals surface area contributed by atoms with Crippen molar-refractivity contribution in [2.75, 3.05) is 16.7 Å². The van der Waals surface area contributed by atoms with Gasteiger partial charge in [-0.1, -0.05) is 42.0 Å². The Morgan fingerprint density at radius 2 is 1.59 bits per heavy atom. The number of benzene rings is 3. The summed E-state index contributed by atoms with van der Waals surface area (Å²) in [5.74, 6) is -0.287. The second-order valence-corrected chi connectivity index (χ2v) is 8.13. The first-order chi connectivity index (χ1) is 12.9. The highest BCUT2D eigenvalue weighted by molar-refractivity contribution is 7.92. The molecule has 1 amide bonds. The molecule has 0 spiro atoms. The van der Waals surface area contributed by atoms with Gasteiger partial charge in [-0.2, -0.15) is 0 Å². The highest BCUT2D eigenvalue weighted by Gasteiger charge is 2.21. The second-order valence-electron chi connectivity index (χ2n) is 6.16. The SMILES string of the molecule is Cc1cccc(C(=O)Nc2cccc(S(=O)(=O)N(C)c3ccccc3)c2)c1. The standard InChI is InChI=1S/C21H20N2O3S/c1-16-8-6-9-17(14-16)21(24)22-18-10-7-13-20(15-18)27(25,26)23(2)19-11-4-3-5-12-19/h3-15H,1-2H3,(H,22,24). The minimum atomic E-state index is -3.74. The summed E-state index contributed by atoms with van der Waals surface area (Å²) in [6.45, 7) is 1.91. The number of anilines is 2. The highest BCUT2D eigenvalue weighted by atomic mass is 32.2. The van der Waals surface area contributed by atoms with Gasteiger partial charge in [0.2, 0.25) is 0 Å². The van der Waals surface area contributed by atoms with Gasteiger partial charge in [-0.15, -0.1) is 0 Å². The maximum Gasteiger partial charge on any atom is 0.264 e. The number of para-hydroxylation sites is 1. The third-order valence-corrected chi connectivity index (χ3v) is 5.93. The minimum absolute atomic E-state index is 0.107. The molecule has 0 aliphatic carbocycles. The zero-order valence-electron chi connectivity index (χ0n) is 15.1. The van der Waals surface area contributed by atoms with Gasteiger partial charge in [-0.25, -0.2) is 8.42 Å². The van der Waals surface area contributed by atoms with Gasteiger partial charge in [0.15, 0.2) is 0 Å². The molecule has 3 aromatic rings. The Morgan fingerprint density at radius 3 is 2.30 bits per heavy atom. The lowest BCUT2D eigenvalue weighted by Crippen LogP contribution is -2.26. The van der Waals surface area contributed by atoms with E-state index in [0.717, 1.165) is 5.56 Å². The fourth-order valence-corrected chi connectivity index (χ4v) is 3.90. The molecule has 0 radical (unpaired) electrons. The number of sulfonamides is 1. The van der Waals surface area contributed by atoms with Gasteiger partial charge in [0.1, 0.15) is 0 Å². The van der Waals surface area contributed by atoms with Crippen molar-refractivity contribution < 1.29 is 13.2 Å². The molecule has 0 aliphatic rings. The van der Waals surface area contributed by atoms with Crippen molar-refractivity contribution in [2.45, 2.75) is 11.8 Å². The molecule has 138 valence electrons. The van der Waals surface area contributed by atoms with Crippen LogP contribution in [0.1, 0.15) is 15.9 Å². The summed E-state index contributed by atoms with van der Waals surface area (Å²) in [6.07, 6.45) is 0. The normalized spacial score (nSPS) is 11.0. The Kier molecular flexibility index (Phi) is 5.28. The van der Waals surface area contributed by atoms with Crippen LogP contribution in [0.4, 0.5) is 11.4 Å². The summed E-state index contributed by atoms with van der Waals surface area (Å²) >= 11 is 0. The van der Waals surface area contributed by atoms with Gasteiger partial charge in [-0.3, -0.25) is 9.10 Å².